The molecule has 0 atom stereocenters. The van der Waals surface area contributed by atoms with Crippen molar-refractivity contribution in [2.45, 2.75) is 0 Å². The Balaban J connectivity index is 1.92. The topological polar surface area (TPSA) is 60.8 Å². The van der Waals surface area contributed by atoms with Crippen molar-refractivity contribution in [1.29, 1.82) is 0 Å². The Kier molecular flexibility index (Phi) is 3.89. The molecule has 0 aliphatic carbocycles. The van der Waals surface area contributed by atoms with Gasteiger partial charge in [0, 0.05) is 18.0 Å². The van der Waals surface area contributed by atoms with Crippen LogP contribution in [0, 0.1) is 0 Å². The second-order valence-corrected chi connectivity index (χ2v) is 4.87. The summed E-state index contributed by atoms with van der Waals surface area (Å²) in [4.78, 5) is 20.0. The second kappa shape index (κ2) is 5.99. The van der Waals surface area contributed by atoms with Gasteiger partial charge in [-0.05, 0) is 35.9 Å². The molecule has 0 saturated heterocycles. The summed E-state index contributed by atoms with van der Waals surface area (Å²) >= 11 is 6.06. The highest BCUT2D eigenvalue weighted by Gasteiger charge is 2.24. The van der Waals surface area contributed by atoms with Gasteiger partial charge in [-0.25, -0.2) is 9.79 Å². The molecule has 1 aliphatic rings. The molecule has 1 aromatic heterocycles. The first-order valence-corrected chi connectivity index (χ1v) is 6.81. The van der Waals surface area contributed by atoms with Gasteiger partial charge in [0.25, 0.3) is 0 Å². The van der Waals surface area contributed by atoms with Crippen LogP contribution in [0.1, 0.15) is 11.1 Å². The van der Waals surface area contributed by atoms with Gasteiger partial charge in [-0.15, -0.1) is 0 Å². The molecule has 0 radical (unpaired) electrons. The largest absolute Gasteiger partial charge is 0.495 e. The number of hydrogen-bond donors (Lipinski definition) is 0. The highest BCUT2D eigenvalue weighted by molar-refractivity contribution is 6.32. The molecule has 0 spiro atoms. The van der Waals surface area contributed by atoms with Crippen LogP contribution in [0.25, 0.3) is 6.08 Å². The lowest BCUT2D eigenvalue weighted by molar-refractivity contribution is -0.129. The Labute approximate surface area is 131 Å². The van der Waals surface area contributed by atoms with Gasteiger partial charge >= 0.3 is 5.97 Å². The summed E-state index contributed by atoms with van der Waals surface area (Å²) in [6.07, 6.45) is 4.83. The van der Waals surface area contributed by atoms with E-state index in [9.17, 15) is 4.79 Å². The van der Waals surface area contributed by atoms with Crippen molar-refractivity contribution in [3.63, 3.8) is 0 Å². The zero-order valence-electron chi connectivity index (χ0n) is 11.6. The van der Waals surface area contributed by atoms with E-state index in [4.69, 9.17) is 21.1 Å². The summed E-state index contributed by atoms with van der Waals surface area (Å²) < 4.78 is 10.3. The summed E-state index contributed by atoms with van der Waals surface area (Å²) in [5.41, 5.74) is 1.64. The number of esters is 1. The summed E-state index contributed by atoms with van der Waals surface area (Å²) in [7, 11) is 1.54. The van der Waals surface area contributed by atoms with Gasteiger partial charge in [0.15, 0.2) is 5.70 Å². The second-order valence-electron chi connectivity index (χ2n) is 4.47. The number of hydrogen-bond acceptors (Lipinski definition) is 5. The van der Waals surface area contributed by atoms with E-state index >= 15 is 0 Å². The summed E-state index contributed by atoms with van der Waals surface area (Å²) in [5.74, 6) is 0.329. The molecule has 0 bridgehead atoms. The number of benzene rings is 1. The number of nitrogens with zero attached hydrogens (tertiary/aromatic N) is 2. The third kappa shape index (κ3) is 2.84. The Morgan fingerprint density at radius 1 is 1.23 bits per heavy atom. The molecule has 0 N–H and O–H groups in total. The maximum absolute atomic E-state index is 11.9. The van der Waals surface area contributed by atoms with E-state index in [0.717, 1.165) is 5.56 Å². The molecular formula is C16H11ClN2O3. The fourth-order valence-corrected chi connectivity index (χ4v) is 2.22. The molecule has 1 aromatic carbocycles. The van der Waals surface area contributed by atoms with Gasteiger partial charge in [0.1, 0.15) is 5.75 Å². The average Bonchev–Trinajstić information content (AvgIpc) is 2.89. The van der Waals surface area contributed by atoms with Crippen LogP contribution in [0.2, 0.25) is 5.02 Å². The van der Waals surface area contributed by atoms with Crippen LogP contribution in [0.5, 0.6) is 5.75 Å². The zero-order valence-corrected chi connectivity index (χ0v) is 12.4. The highest BCUT2D eigenvalue weighted by Crippen LogP contribution is 2.27. The zero-order chi connectivity index (χ0) is 15.5. The molecule has 0 saturated carbocycles. The summed E-state index contributed by atoms with van der Waals surface area (Å²) in [6.45, 7) is 0. The van der Waals surface area contributed by atoms with E-state index in [1.54, 1.807) is 55.9 Å². The average molecular weight is 315 g/mol. The van der Waals surface area contributed by atoms with Gasteiger partial charge in [-0.2, -0.15) is 0 Å². The number of pyridine rings is 1. The minimum absolute atomic E-state index is 0.216. The Morgan fingerprint density at radius 2 is 2.00 bits per heavy atom. The Morgan fingerprint density at radius 3 is 2.68 bits per heavy atom. The molecule has 22 heavy (non-hydrogen) atoms. The van der Waals surface area contributed by atoms with Crippen LogP contribution in [-0.4, -0.2) is 24.0 Å². The molecule has 5 nitrogen and oxygen atoms in total. The normalized spacial score (nSPS) is 15.6. The van der Waals surface area contributed by atoms with Crippen LogP contribution >= 0.6 is 11.6 Å². The number of cyclic esters (lactones) is 1. The number of methoxy groups -OCH3 is 1. The van der Waals surface area contributed by atoms with Crippen molar-refractivity contribution in [2.75, 3.05) is 7.11 Å². The van der Waals surface area contributed by atoms with Crippen molar-refractivity contribution in [1.82, 2.24) is 4.98 Å². The number of aromatic nitrogens is 1. The van der Waals surface area contributed by atoms with Crippen molar-refractivity contribution in [3.8, 4) is 5.75 Å². The highest BCUT2D eigenvalue weighted by atomic mass is 35.5. The Bertz CT molecular complexity index is 785. The maximum atomic E-state index is 11.9. The van der Waals surface area contributed by atoms with Crippen LogP contribution in [0.3, 0.4) is 0 Å². The first-order valence-electron chi connectivity index (χ1n) is 6.44. The fraction of sp³-hybridized carbons (Fsp3) is 0.0625. The van der Waals surface area contributed by atoms with Gasteiger partial charge in [0.05, 0.1) is 12.1 Å². The number of halogens is 1. The number of aliphatic imine (C=N–C) groups is 1. The third-order valence-electron chi connectivity index (χ3n) is 3.03. The summed E-state index contributed by atoms with van der Waals surface area (Å²) in [5, 5.41) is 0.460. The lowest BCUT2D eigenvalue weighted by atomic mass is 10.2. The number of carbonyl (C=O) groups excluding carboxylic acids is 1. The van der Waals surface area contributed by atoms with Gasteiger partial charge in [0.2, 0.25) is 5.90 Å². The fourth-order valence-electron chi connectivity index (χ4n) is 1.96. The SMILES string of the molecule is COc1ccc(/C=C2/N=C(c3ccncc3)OC2=O)cc1Cl. The molecule has 1 aliphatic heterocycles. The van der Waals surface area contributed by atoms with E-state index < -0.39 is 5.97 Å². The van der Waals surface area contributed by atoms with E-state index in [1.807, 2.05) is 0 Å². The third-order valence-corrected chi connectivity index (χ3v) is 3.32. The number of carbonyl (C=O) groups is 1. The number of rotatable bonds is 3. The molecule has 0 unspecified atom stereocenters. The van der Waals surface area contributed by atoms with E-state index in [-0.39, 0.29) is 11.6 Å². The van der Waals surface area contributed by atoms with Gasteiger partial charge < -0.3 is 9.47 Å². The molecule has 2 heterocycles. The molecule has 3 rings (SSSR count). The van der Waals surface area contributed by atoms with E-state index in [1.165, 1.54) is 0 Å². The first-order chi connectivity index (χ1) is 10.7. The van der Waals surface area contributed by atoms with Crippen molar-refractivity contribution in [3.05, 3.63) is 64.6 Å². The van der Waals surface area contributed by atoms with Crippen LogP contribution in [0.15, 0.2) is 53.4 Å². The molecule has 2 aromatic rings. The van der Waals surface area contributed by atoms with Gasteiger partial charge in [-0.3, -0.25) is 4.98 Å². The Hall–Kier alpha value is -2.66. The van der Waals surface area contributed by atoms with Crippen molar-refractivity contribution in [2.24, 2.45) is 4.99 Å². The molecule has 6 heteroatoms. The van der Waals surface area contributed by atoms with E-state index in [0.29, 0.717) is 16.3 Å². The molecule has 0 amide bonds. The van der Waals surface area contributed by atoms with Gasteiger partial charge in [-0.1, -0.05) is 17.7 Å². The molecule has 0 fully saturated rings. The number of ether oxygens (including phenoxy) is 2. The lowest BCUT2D eigenvalue weighted by Gasteiger charge is -2.03. The smallest absolute Gasteiger partial charge is 0.363 e. The first kappa shape index (κ1) is 14.3. The van der Waals surface area contributed by atoms with Crippen LogP contribution in [0.4, 0.5) is 0 Å². The monoisotopic (exact) mass is 314 g/mol. The maximum Gasteiger partial charge on any atom is 0.363 e. The minimum atomic E-state index is -0.501. The van der Waals surface area contributed by atoms with Crippen LogP contribution < -0.4 is 4.74 Å². The standard InChI is InChI=1S/C16H11ClN2O3/c1-21-14-3-2-10(8-12(14)17)9-13-16(20)22-15(19-13)11-4-6-18-7-5-11/h2-9H,1H3/b13-9+. The quantitative estimate of drug-likeness (QED) is 0.645. The summed E-state index contributed by atoms with van der Waals surface area (Å²) in [6, 6.07) is 8.65. The van der Waals surface area contributed by atoms with Crippen LogP contribution in [-0.2, 0) is 9.53 Å². The predicted molar refractivity (Wildman–Crippen MR) is 82.8 cm³/mol. The predicted octanol–water partition coefficient (Wildman–Crippen LogP) is 3.09. The molecular weight excluding hydrogens is 304 g/mol. The lowest BCUT2D eigenvalue weighted by Crippen LogP contribution is -2.05. The van der Waals surface area contributed by atoms with E-state index in [2.05, 4.69) is 9.98 Å². The van der Waals surface area contributed by atoms with Crippen molar-refractivity contribution >= 4 is 29.5 Å². The molecule has 110 valence electrons. The minimum Gasteiger partial charge on any atom is -0.495 e. The van der Waals surface area contributed by atoms with Crippen molar-refractivity contribution < 1.29 is 14.3 Å².